The fourth-order valence-electron chi connectivity index (χ4n) is 3.69. The first-order valence-corrected chi connectivity index (χ1v) is 9.38. The summed E-state index contributed by atoms with van der Waals surface area (Å²) in [5, 5.41) is 3.15. The van der Waals surface area contributed by atoms with E-state index in [2.05, 4.69) is 45.1 Å². The van der Waals surface area contributed by atoms with Gasteiger partial charge in [-0.25, -0.2) is 0 Å². The zero-order valence-electron chi connectivity index (χ0n) is 16.3. The average Bonchev–Trinajstić information content (AvgIpc) is 2.57. The molecule has 1 heterocycles. The molecule has 140 valence electrons. The number of carbonyl (C=O) groups excluding carboxylic acids is 1. The predicted molar refractivity (Wildman–Crippen MR) is 101 cm³/mol. The van der Waals surface area contributed by atoms with Crippen LogP contribution in [0.5, 0.6) is 5.75 Å². The molecular weight excluding hydrogens is 314 g/mol. The molecule has 0 spiro atoms. The Bertz CT molecular complexity index is 551. The van der Waals surface area contributed by atoms with E-state index in [1.807, 2.05) is 12.1 Å². The maximum Gasteiger partial charge on any atom is 0.223 e. The topological polar surface area (TPSA) is 47.6 Å². The smallest absolute Gasteiger partial charge is 0.223 e. The summed E-state index contributed by atoms with van der Waals surface area (Å²) in [6.45, 7) is 9.97. The van der Waals surface area contributed by atoms with Gasteiger partial charge in [0, 0.05) is 19.1 Å². The summed E-state index contributed by atoms with van der Waals surface area (Å²) in [6.07, 6.45) is 2.56. The van der Waals surface area contributed by atoms with Crippen molar-refractivity contribution in [2.75, 3.05) is 20.3 Å². The third kappa shape index (κ3) is 5.74. The highest BCUT2D eigenvalue weighted by atomic mass is 16.5. The molecule has 1 fully saturated rings. The molecular formula is C21H33NO3. The van der Waals surface area contributed by atoms with E-state index in [0.717, 1.165) is 25.0 Å². The molecule has 2 atom stereocenters. The van der Waals surface area contributed by atoms with Crippen LogP contribution in [0.3, 0.4) is 0 Å². The van der Waals surface area contributed by atoms with Crippen molar-refractivity contribution >= 4 is 5.91 Å². The van der Waals surface area contributed by atoms with Crippen LogP contribution in [0.25, 0.3) is 0 Å². The van der Waals surface area contributed by atoms with Gasteiger partial charge in [0.15, 0.2) is 0 Å². The van der Waals surface area contributed by atoms with Gasteiger partial charge in [-0.05, 0) is 62.6 Å². The summed E-state index contributed by atoms with van der Waals surface area (Å²) in [7, 11) is 1.68. The number of benzene rings is 1. The van der Waals surface area contributed by atoms with Crippen LogP contribution >= 0.6 is 0 Å². The number of hydrogen-bond acceptors (Lipinski definition) is 3. The Balaban J connectivity index is 1.87. The van der Waals surface area contributed by atoms with E-state index in [1.54, 1.807) is 7.11 Å². The van der Waals surface area contributed by atoms with Crippen molar-refractivity contribution in [1.82, 2.24) is 5.32 Å². The number of carbonyl (C=O) groups is 1. The Morgan fingerprint density at radius 3 is 2.56 bits per heavy atom. The fraction of sp³-hybridized carbons (Fsp3) is 0.667. The van der Waals surface area contributed by atoms with E-state index in [-0.39, 0.29) is 17.4 Å². The molecule has 1 aromatic carbocycles. The van der Waals surface area contributed by atoms with Crippen molar-refractivity contribution in [3.05, 3.63) is 29.8 Å². The molecule has 0 saturated carbocycles. The lowest BCUT2D eigenvalue weighted by Gasteiger charge is -2.34. The molecule has 2 rings (SSSR count). The predicted octanol–water partition coefficient (Wildman–Crippen LogP) is 4.15. The van der Waals surface area contributed by atoms with Gasteiger partial charge in [0.05, 0.1) is 12.7 Å². The highest BCUT2D eigenvalue weighted by molar-refractivity contribution is 5.78. The quantitative estimate of drug-likeness (QED) is 0.806. The third-order valence-electron chi connectivity index (χ3n) is 5.17. The lowest BCUT2D eigenvalue weighted by Crippen LogP contribution is -2.41. The average molecular weight is 347 g/mol. The molecule has 0 aliphatic carbocycles. The first-order valence-electron chi connectivity index (χ1n) is 9.38. The van der Waals surface area contributed by atoms with Crippen LogP contribution in [-0.2, 0) is 9.53 Å². The van der Waals surface area contributed by atoms with Gasteiger partial charge in [-0.2, -0.15) is 0 Å². The highest BCUT2D eigenvalue weighted by Gasteiger charge is 2.32. The number of nitrogens with one attached hydrogen (secondary N) is 1. The molecule has 1 aliphatic heterocycles. The summed E-state index contributed by atoms with van der Waals surface area (Å²) in [5.41, 5.74) is 1.11. The van der Waals surface area contributed by atoms with Gasteiger partial charge in [0.1, 0.15) is 5.75 Å². The molecule has 1 amide bonds. The SMILES string of the molecule is COc1ccc([C@@H](CCNC(=O)[C@@H]2CCOC(C)(C)C2)C(C)C)cc1. The summed E-state index contributed by atoms with van der Waals surface area (Å²) in [4.78, 5) is 12.5. The molecule has 1 aliphatic rings. The van der Waals surface area contributed by atoms with E-state index in [4.69, 9.17) is 9.47 Å². The number of methoxy groups -OCH3 is 1. The van der Waals surface area contributed by atoms with Crippen LogP contribution in [0.15, 0.2) is 24.3 Å². The molecule has 4 nitrogen and oxygen atoms in total. The minimum atomic E-state index is -0.191. The molecule has 1 aromatic rings. The van der Waals surface area contributed by atoms with Crippen LogP contribution in [0.1, 0.15) is 58.4 Å². The minimum absolute atomic E-state index is 0.0715. The van der Waals surface area contributed by atoms with E-state index in [0.29, 0.717) is 25.0 Å². The second kappa shape index (κ2) is 8.70. The fourth-order valence-corrected chi connectivity index (χ4v) is 3.69. The zero-order valence-corrected chi connectivity index (χ0v) is 16.3. The Morgan fingerprint density at radius 1 is 1.32 bits per heavy atom. The van der Waals surface area contributed by atoms with Crippen molar-refractivity contribution in [2.24, 2.45) is 11.8 Å². The molecule has 1 N–H and O–H groups in total. The van der Waals surface area contributed by atoms with Gasteiger partial charge < -0.3 is 14.8 Å². The highest BCUT2D eigenvalue weighted by Crippen LogP contribution is 2.30. The monoisotopic (exact) mass is 347 g/mol. The Kier molecular flexibility index (Phi) is 6.88. The third-order valence-corrected chi connectivity index (χ3v) is 5.17. The van der Waals surface area contributed by atoms with Crippen LogP contribution < -0.4 is 10.1 Å². The summed E-state index contributed by atoms with van der Waals surface area (Å²) >= 11 is 0. The zero-order chi connectivity index (χ0) is 18.4. The summed E-state index contributed by atoms with van der Waals surface area (Å²) < 4.78 is 10.9. The van der Waals surface area contributed by atoms with E-state index >= 15 is 0 Å². The molecule has 0 radical (unpaired) electrons. The first-order chi connectivity index (χ1) is 11.8. The molecule has 0 bridgehead atoms. The van der Waals surface area contributed by atoms with Crippen LogP contribution in [0, 0.1) is 11.8 Å². The van der Waals surface area contributed by atoms with Gasteiger partial charge in [-0.3, -0.25) is 4.79 Å². The molecule has 25 heavy (non-hydrogen) atoms. The van der Waals surface area contributed by atoms with Crippen LogP contribution in [0.4, 0.5) is 0 Å². The van der Waals surface area contributed by atoms with Crippen molar-refractivity contribution in [1.29, 1.82) is 0 Å². The number of hydrogen-bond donors (Lipinski definition) is 1. The van der Waals surface area contributed by atoms with Gasteiger partial charge in [-0.1, -0.05) is 26.0 Å². The Morgan fingerprint density at radius 2 is 2.00 bits per heavy atom. The Labute approximate surface area is 152 Å². The van der Waals surface area contributed by atoms with Gasteiger partial charge in [0.25, 0.3) is 0 Å². The van der Waals surface area contributed by atoms with E-state index in [1.165, 1.54) is 5.56 Å². The van der Waals surface area contributed by atoms with Gasteiger partial charge >= 0.3 is 0 Å². The number of amides is 1. The molecule has 0 aromatic heterocycles. The van der Waals surface area contributed by atoms with Crippen molar-refractivity contribution in [3.63, 3.8) is 0 Å². The standard InChI is InChI=1S/C21H33NO3/c1-15(2)19(16-6-8-18(24-5)9-7-16)10-12-22-20(23)17-11-13-25-21(3,4)14-17/h6-9,15,17,19H,10-14H2,1-5H3,(H,22,23)/t17-,19+/m1/s1. The summed E-state index contributed by atoms with van der Waals surface area (Å²) in [6, 6.07) is 8.28. The lowest BCUT2D eigenvalue weighted by atomic mass is 9.85. The number of ether oxygens (including phenoxy) is 2. The second-order valence-corrected chi connectivity index (χ2v) is 8.00. The molecule has 4 heteroatoms. The van der Waals surface area contributed by atoms with Crippen molar-refractivity contribution in [3.8, 4) is 5.75 Å². The van der Waals surface area contributed by atoms with Crippen molar-refractivity contribution < 1.29 is 14.3 Å². The first kappa shape index (κ1) is 19.8. The normalized spacial score (nSPS) is 21.0. The maximum absolute atomic E-state index is 12.5. The van der Waals surface area contributed by atoms with Crippen LogP contribution in [0.2, 0.25) is 0 Å². The van der Waals surface area contributed by atoms with Crippen LogP contribution in [-0.4, -0.2) is 31.8 Å². The second-order valence-electron chi connectivity index (χ2n) is 8.00. The van der Waals surface area contributed by atoms with Gasteiger partial charge in [0.2, 0.25) is 5.91 Å². The number of rotatable bonds is 7. The molecule has 0 unspecified atom stereocenters. The van der Waals surface area contributed by atoms with E-state index < -0.39 is 0 Å². The Hall–Kier alpha value is -1.55. The van der Waals surface area contributed by atoms with Crippen molar-refractivity contribution in [2.45, 2.75) is 58.5 Å². The maximum atomic E-state index is 12.5. The minimum Gasteiger partial charge on any atom is -0.497 e. The van der Waals surface area contributed by atoms with Gasteiger partial charge in [-0.15, -0.1) is 0 Å². The molecule has 1 saturated heterocycles. The lowest BCUT2D eigenvalue weighted by molar-refractivity contribution is -0.135. The summed E-state index contributed by atoms with van der Waals surface area (Å²) in [5.74, 6) is 2.07. The van der Waals surface area contributed by atoms with E-state index in [9.17, 15) is 4.79 Å². The largest absolute Gasteiger partial charge is 0.497 e.